The second-order valence-corrected chi connectivity index (χ2v) is 4.93. The molecule has 1 heterocycles. The van der Waals surface area contributed by atoms with Crippen LogP contribution in [0.15, 0.2) is 42.6 Å². The van der Waals surface area contributed by atoms with Gasteiger partial charge in [-0.2, -0.15) is 5.26 Å². The number of anilines is 1. The Hall–Kier alpha value is -3.46. The molecule has 0 saturated heterocycles. The summed E-state index contributed by atoms with van der Waals surface area (Å²) in [6, 6.07) is 12.4. The average Bonchev–Trinajstić information content (AvgIpc) is 2.90. The normalized spacial score (nSPS) is 10.4. The molecule has 0 fully saturated rings. The van der Waals surface area contributed by atoms with Gasteiger partial charge in [-0.05, 0) is 12.1 Å². The van der Waals surface area contributed by atoms with Crippen LogP contribution in [0.2, 0.25) is 0 Å². The van der Waals surface area contributed by atoms with Gasteiger partial charge in [0.15, 0.2) is 5.69 Å². The molecule has 0 saturated carbocycles. The summed E-state index contributed by atoms with van der Waals surface area (Å²) in [6.45, 7) is 0. The molecule has 0 atom stereocenters. The van der Waals surface area contributed by atoms with Crippen molar-refractivity contribution in [2.24, 2.45) is 0 Å². The lowest BCUT2D eigenvalue weighted by Gasteiger charge is -2.12. The number of aromatic hydroxyl groups is 1. The number of nitrogen functional groups attached to an aromatic ring is 1. The van der Waals surface area contributed by atoms with E-state index in [-0.39, 0.29) is 22.7 Å². The highest BCUT2D eigenvalue weighted by Gasteiger charge is 2.22. The fraction of sp³-hybridized carbons (Fsp3) is 0.0588. The number of carbonyl (C=O) groups excluding carboxylic acids is 1. The minimum absolute atomic E-state index is 0.0662. The van der Waals surface area contributed by atoms with Gasteiger partial charge in [-0.25, -0.2) is 4.79 Å². The molecule has 0 aliphatic heterocycles. The number of hydrogen-bond acceptors (Lipinski definition) is 5. The fourth-order valence-corrected chi connectivity index (χ4v) is 2.59. The van der Waals surface area contributed by atoms with E-state index in [9.17, 15) is 15.2 Å². The Labute approximate surface area is 131 Å². The molecule has 3 N–H and O–H groups in total. The van der Waals surface area contributed by atoms with Crippen LogP contribution in [-0.2, 0) is 4.74 Å². The molecule has 2 aromatic carbocycles. The van der Waals surface area contributed by atoms with Crippen molar-refractivity contribution in [3.63, 3.8) is 0 Å². The number of methoxy groups -OCH3 is 1. The summed E-state index contributed by atoms with van der Waals surface area (Å²) in [5.41, 5.74) is 6.86. The minimum atomic E-state index is -0.638. The maximum Gasteiger partial charge on any atom is 0.357 e. The van der Waals surface area contributed by atoms with E-state index in [0.717, 1.165) is 5.39 Å². The molecule has 1 aromatic heterocycles. The van der Waals surface area contributed by atoms with Crippen LogP contribution in [0.25, 0.3) is 16.5 Å². The van der Waals surface area contributed by atoms with E-state index in [1.165, 1.54) is 17.9 Å². The Bertz CT molecular complexity index is 967. The molecule has 0 aliphatic carbocycles. The third-order valence-electron chi connectivity index (χ3n) is 3.68. The molecular weight excluding hydrogens is 294 g/mol. The Morgan fingerprint density at radius 1 is 1.26 bits per heavy atom. The van der Waals surface area contributed by atoms with Gasteiger partial charge < -0.3 is 20.1 Å². The Kier molecular flexibility index (Phi) is 3.39. The summed E-state index contributed by atoms with van der Waals surface area (Å²) >= 11 is 0. The van der Waals surface area contributed by atoms with Crippen LogP contribution in [0.1, 0.15) is 16.1 Å². The van der Waals surface area contributed by atoms with Crippen molar-refractivity contribution in [3.05, 3.63) is 53.9 Å². The van der Waals surface area contributed by atoms with Crippen LogP contribution in [0.5, 0.6) is 5.75 Å². The van der Waals surface area contributed by atoms with E-state index in [2.05, 4.69) is 0 Å². The first-order valence-corrected chi connectivity index (χ1v) is 6.78. The van der Waals surface area contributed by atoms with Crippen molar-refractivity contribution in [2.45, 2.75) is 0 Å². The van der Waals surface area contributed by atoms with Crippen molar-refractivity contribution >= 4 is 22.4 Å². The number of benzene rings is 2. The van der Waals surface area contributed by atoms with Gasteiger partial charge >= 0.3 is 5.97 Å². The highest BCUT2D eigenvalue weighted by Crippen LogP contribution is 2.32. The summed E-state index contributed by atoms with van der Waals surface area (Å²) in [5, 5.41) is 20.5. The number of rotatable bonds is 2. The van der Waals surface area contributed by atoms with E-state index < -0.39 is 5.97 Å². The molecule has 6 nitrogen and oxygen atoms in total. The predicted molar refractivity (Wildman–Crippen MR) is 85.4 cm³/mol. The summed E-state index contributed by atoms with van der Waals surface area (Å²) in [5.74, 6) is -0.509. The first-order chi connectivity index (χ1) is 11.1. The van der Waals surface area contributed by atoms with Gasteiger partial charge in [0.05, 0.1) is 24.0 Å². The number of nitriles is 1. The Balaban J connectivity index is 2.38. The third kappa shape index (κ3) is 2.15. The van der Waals surface area contributed by atoms with E-state index in [4.69, 9.17) is 10.5 Å². The second kappa shape index (κ2) is 5.39. The number of nitrogens with two attached hydrogens (primary N) is 1. The van der Waals surface area contributed by atoms with Gasteiger partial charge in [0, 0.05) is 17.0 Å². The summed E-state index contributed by atoms with van der Waals surface area (Å²) < 4.78 is 6.29. The Morgan fingerprint density at radius 3 is 2.65 bits per heavy atom. The molecule has 6 heteroatoms. The van der Waals surface area contributed by atoms with Crippen LogP contribution in [0.3, 0.4) is 0 Å². The lowest BCUT2D eigenvalue weighted by Crippen LogP contribution is -2.11. The molecule has 0 unspecified atom stereocenters. The third-order valence-corrected chi connectivity index (χ3v) is 3.68. The van der Waals surface area contributed by atoms with Gasteiger partial charge in [0.25, 0.3) is 0 Å². The lowest BCUT2D eigenvalue weighted by molar-refractivity contribution is 0.0593. The molecule has 0 amide bonds. The molecular formula is C17H13N3O3. The monoisotopic (exact) mass is 307 g/mol. The van der Waals surface area contributed by atoms with E-state index in [1.807, 2.05) is 12.1 Å². The highest BCUT2D eigenvalue weighted by molar-refractivity contribution is 5.99. The zero-order chi connectivity index (χ0) is 16.6. The maximum atomic E-state index is 12.1. The smallest absolute Gasteiger partial charge is 0.357 e. The minimum Gasteiger partial charge on any atom is -0.507 e. The first-order valence-electron chi connectivity index (χ1n) is 6.78. The fourth-order valence-electron chi connectivity index (χ4n) is 2.59. The SMILES string of the molecule is COC(=O)c1c(N)c(C#N)cn1-c1cccc2c(O)cccc12. The number of ether oxygens (including phenoxy) is 1. The Morgan fingerprint density at radius 2 is 1.96 bits per heavy atom. The maximum absolute atomic E-state index is 12.1. The van der Waals surface area contributed by atoms with Crippen molar-refractivity contribution in [3.8, 4) is 17.5 Å². The molecule has 3 rings (SSSR count). The summed E-state index contributed by atoms with van der Waals surface area (Å²) in [7, 11) is 1.25. The number of carbonyl (C=O) groups is 1. The van der Waals surface area contributed by atoms with Gasteiger partial charge in [-0.3, -0.25) is 0 Å². The van der Waals surface area contributed by atoms with Crippen LogP contribution < -0.4 is 5.73 Å². The van der Waals surface area contributed by atoms with Crippen LogP contribution >= 0.6 is 0 Å². The highest BCUT2D eigenvalue weighted by atomic mass is 16.5. The largest absolute Gasteiger partial charge is 0.507 e. The second-order valence-electron chi connectivity index (χ2n) is 4.93. The van der Waals surface area contributed by atoms with Crippen molar-refractivity contribution in [1.82, 2.24) is 4.57 Å². The van der Waals surface area contributed by atoms with Gasteiger partial charge in [-0.1, -0.05) is 24.3 Å². The predicted octanol–water partition coefficient (Wildman–Crippen LogP) is 2.58. The van der Waals surface area contributed by atoms with Crippen LogP contribution in [0, 0.1) is 11.3 Å². The number of aromatic nitrogens is 1. The van der Waals surface area contributed by atoms with Crippen LogP contribution in [0.4, 0.5) is 5.69 Å². The van der Waals surface area contributed by atoms with E-state index in [1.54, 1.807) is 30.3 Å². The molecule has 0 aliphatic rings. The van der Waals surface area contributed by atoms with Gasteiger partial charge in [0.1, 0.15) is 11.8 Å². The zero-order valence-electron chi connectivity index (χ0n) is 12.3. The number of nitrogens with zero attached hydrogens (tertiary/aromatic N) is 2. The molecule has 23 heavy (non-hydrogen) atoms. The molecule has 0 bridgehead atoms. The van der Waals surface area contributed by atoms with Gasteiger partial charge in [-0.15, -0.1) is 0 Å². The van der Waals surface area contributed by atoms with Crippen molar-refractivity contribution in [2.75, 3.05) is 12.8 Å². The lowest BCUT2D eigenvalue weighted by atomic mass is 10.1. The molecule has 114 valence electrons. The van der Waals surface area contributed by atoms with E-state index >= 15 is 0 Å². The van der Waals surface area contributed by atoms with E-state index in [0.29, 0.717) is 11.1 Å². The number of fused-ring (bicyclic) bond motifs is 1. The summed E-state index contributed by atoms with van der Waals surface area (Å²) in [6.07, 6.45) is 1.49. The van der Waals surface area contributed by atoms with Crippen molar-refractivity contribution in [1.29, 1.82) is 5.26 Å². The number of esters is 1. The first kappa shape index (κ1) is 14.5. The number of phenolic OH excluding ortho intramolecular Hbond substituents is 1. The standard InChI is InChI=1S/C17H13N3O3/c1-23-17(22)16-15(19)10(8-18)9-20(16)13-6-2-5-12-11(13)4-3-7-14(12)21/h2-7,9,21H,19H2,1H3. The van der Waals surface area contributed by atoms with Crippen LogP contribution in [-0.4, -0.2) is 22.8 Å². The number of phenols is 1. The molecule has 0 radical (unpaired) electrons. The van der Waals surface area contributed by atoms with Gasteiger partial charge in [0.2, 0.25) is 0 Å². The molecule has 3 aromatic rings. The zero-order valence-corrected chi connectivity index (χ0v) is 12.3. The number of hydrogen-bond donors (Lipinski definition) is 2. The van der Waals surface area contributed by atoms with Crippen molar-refractivity contribution < 1.29 is 14.6 Å². The summed E-state index contributed by atoms with van der Waals surface area (Å²) in [4.78, 5) is 12.1. The quantitative estimate of drug-likeness (QED) is 0.708. The molecule has 0 spiro atoms. The topological polar surface area (TPSA) is 101 Å². The average molecular weight is 307 g/mol.